The van der Waals surface area contributed by atoms with Gasteiger partial charge in [0.2, 0.25) is 5.91 Å². The fourth-order valence-corrected chi connectivity index (χ4v) is 2.86. The van der Waals surface area contributed by atoms with Gasteiger partial charge < -0.3 is 5.32 Å². The average Bonchev–Trinajstić information content (AvgIpc) is 2.96. The standard InChI is InChI=1S/C18H20N6OS/c1-3-5-16-22-23-18(26)24(16)11-17(25)21-14-7-4-6-13(10-14)15-8-9-19-12(2)20-15/h4,6-10H,3,5,11H2,1-2H3,(H,21,25)(H,23,26). The topological polar surface area (TPSA) is 88.5 Å². The van der Waals surface area contributed by atoms with Crippen LogP contribution in [0, 0.1) is 11.7 Å². The van der Waals surface area contributed by atoms with Gasteiger partial charge in [0.25, 0.3) is 0 Å². The first kappa shape index (κ1) is 17.9. The van der Waals surface area contributed by atoms with E-state index >= 15 is 0 Å². The van der Waals surface area contributed by atoms with Crippen LogP contribution in [0.25, 0.3) is 11.3 Å². The number of aromatic nitrogens is 5. The Morgan fingerprint density at radius 1 is 1.35 bits per heavy atom. The second kappa shape index (κ2) is 8.01. The van der Waals surface area contributed by atoms with Gasteiger partial charge in [-0.15, -0.1) is 0 Å². The number of anilines is 1. The Bertz CT molecular complexity index is 978. The molecule has 1 amide bonds. The van der Waals surface area contributed by atoms with E-state index in [1.165, 1.54) is 0 Å². The van der Waals surface area contributed by atoms with Crippen LogP contribution in [0.4, 0.5) is 5.69 Å². The molecular formula is C18H20N6OS. The smallest absolute Gasteiger partial charge is 0.244 e. The van der Waals surface area contributed by atoms with Crippen molar-refractivity contribution in [3.8, 4) is 11.3 Å². The van der Waals surface area contributed by atoms with E-state index in [1.54, 1.807) is 10.8 Å². The number of rotatable bonds is 6. The van der Waals surface area contributed by atoms with Gasteiger partial charge in [-0.1, -0.05) is 19.1 Å². The number of nitrogens with one attached hydrogen (secondary N) is 2. The quantitative estimate of drug-likeness (QED) is 0.652. The number of hydrogen-bond acceptors (Lipinski definition) is 5. The van der Waals surface area contributed by atoms with E-state index in [9.17, 15) is 4.79 Å². The van der Waals surface area contributed by atoms with Crippen LogP contribution in [-0.2, 0) is 17.8 Å². The van der Waals surface area contributed by atoms with Gasteiger partial charge in [0.15, 0.2) is 4.77 Å². The zero-order valence-electron chi connectivity index (χ0n) is 14.7. The fraction of sp³-hybridized carbons (Fsp3) is 0.278. The largest absolute Gasteiger partial charge is 0.325 e. The van der Waals surface area contributed by atoms with E-state index in [1.807, 2.05) is 37.3 Å². The summed E-state index contributed by atoms with van der Waals surface area (Å²) in [5.74, 6) is 1.34. The molecule has 0 saturated heterocycles. The highest BCUT2D eigenvalue weighted by Crippen LogP contribution is 2.20. The summed E-state index contributed by atoms with van der Waals surface area (Å²) < 4.78 is 2.18. The molecule has 0 radical (unpaired) electrons. The predicted molar refractivity (Wildman–Crippen MR) is 102 cm³/mol. The molecule has 2 aromatic heterocycles. The Kier molecular flexibility index (Phi) is 5.52. The summed E-state index contributed by atoms with van der Waals surface area (Å²) in [6.07, 6.45) is 3.42. The second-order valence-corrected chi connectivity index (χ2v) is 6.29. The van der Waals surface area contributed by atoms with Crippen LogP contribution in [0.2, 0.25) is 0 Å². The van der Waals surface area contributed by atoms with Crippen LogP contribution in [0.5, 0.6) is 0 Å². The molecule has 0 aliphatic heterocycles. The zero-order valence-corrected chi connectivity index (χ0v) is 15.5. The van der Waals surface area contributed by atoms with Crippen molar-refractivity contribution in [2.24, 2.45) is 0 Å². The summed E-state index contributed by atoms with van der Waals surface area (Å²) in [7, 11) is 0. The monoisotopic (exact) mass is 368 g/mol. The van der Waals surface area contributed by atoms with E-state index in [4.69, 9.17) is 12.2 Å². The van der Waals surface area contributed by atoms with Crippen molar-refractivity contribution in [2.75, 3.05) is 5.32 Å². The lowest BCUT2D eigenvalue weighted by Gasteiger charge is -2.09. The molecule has 0 spiro atoms. The van der Waals surface area contributed by atoms with Crippen molar-refractivity contribution in [2.45, 2.75) is 33.2 Å². The van der Waals surface area contributed by atoms with Gasteiger partial charge in [-0.2, -0.15) is 5.10 Å². The van der Waals surface area contributed by atoms with Gasteiger partial charge in [0, 0.05) is 23.9 Å². The molecule has 0 aliphatic rings. The van der Waals surface area contributed by atoms with Crippen molar-refractivity contribution in [1.82, 2.24) is 24.7 Å². The minimum atomic E-state index is -0.157. The van der Waals surface area contributed by atoms with Crippen molar-refractivity contribution in [3.05, 3.63) is 52.9 Å². The lowest BCUT2D eigenvalue weighted by molar-refractivity contribution is -0.116. The van der Waals surface area contributed by atoms with Gasteiger partial charge in [-0.05, 0) is 43.8 Å². The van der Waals surface area contributed by atoms with Gasteiger partial charge in [-0.25, -0.2) is 9.97 Å². The van der Waals surface area contributed by atoms with Gasteiger partial charge in [0.05, 0.1) is 5.69 Å². The number of carbonyl (C=O) groups is 1. The highest BCUT2D eigenvalue weighted by atomic mass is 32.1. The van der Waals surface area contributed by atoms with Gasteiger partial charge in [0.1, 0.15) is 18.2 Å². The molecule has 2 heterocycles. The molecule has 3 rings (SSSR count). The van der Waals surface area contributed by atoms with Crippen LogP contribution < -0.4 is 5.32 Å². The summed E-state index contributed by atoms with van der Waals surface area (Å²) in [5.41, 5.74) is 2.44. The number of benzene rings is 1. The number of carbonyl (C=O) groups excluding carboxylic acids is 1. The van der Waals surface area contributed by atoms with Crippen molar-refractivity contribution < 1.29 is 4.79 Å². The van der Waals surface area contributed by atoms with E-state index < -0.39 is 0 Å². The summed E-state index contributed by atoms with van der Waals surface area (Å²) in [4.78, 5) is 21.0. The number of amides is 1. The summed E-state index contributed by atoms with van der Waals surface area (Å²) in [6, 6.07) is 9.41. The van der Waals surface area contributed by atoms with Crippen LogP contribution in [0.3, 0.4) is 0 Å². The zero-order chi connectivity index (χ0) is 18.5. The van der Waals surface area contributed by atoms with E-state index in [0.717, 1.165) is 29.9 Å². The molecule has 0 aliphatic carbocycles. The maximum atomic E-state index is 12.4. The van der Waals surface area contributed by atoms with E-state index in [0.29, 0.717) is 16.3 Å². The van der Waals surface area contributed by atoms with Crippen molar-refractivity contribution in [3.63, 3.8) is 0 Å². The first-order valence-electron chi connectivity index (χ1n) is 8.41. The molecule has 0 atom stereocenters. The van der Waals surface area contributed by atoms with E-state index in [2.05, 4.69) is 32.4 Å². The van der Waals surface area contributed by atoms with Gasteiger partial charge in [-0.3, -0.25) is 14.5 Å². The minimum Gasteiger partial charge on any atom is -0.325 e. The first-order chi connectivity index (χ1) is 12.6. The molecule has 0 unspecified atom stereocenters. The molecule has 0 fully saturated rings. The second-order valence-electron chi connectivity index (χ2n) is 5.90. The Hall–Kier alpha value is -2.87. The molecule has 8 heteroatoms. The third kappa shape index (κ3) is 4.20. The first-order valence-corrected chi connectivity index (χ1v) is 8.81. The molecule has 1 aromatic carbocycles. The van der Waals surface area contributed by atoms with Crippen LogP contribution in [0.15, 0.2) is 36.5 Å². The summed E-state index contributed by atoms with van der Waals surface area (Å²) in [5, 5.41) is 9.84. The van der Waals surface area contributed by atoms with E-state index in [-0.39, 0.29) is 12.5 Å². The Morgan fingerprint density at radius 3 is 2.96 bits per heavy atom. The highest BCUT2D eigenvalue weighted by Gasteiger charge is 2.11. The van der Waals surface area contributed by atoms with Crippen molar-refractivity contribution >= 4 is 23.8 Å². The molecule has 2 N–H and O–H groups in total. The number of H-pyrrole nitrogens is 1. The third-order valence-electron chi connectivity index (χ3n) is 3.83. The molecule has 0 bridgehead atoms. The fourth-order valence-electron chi connectivity index (χ4n) is 2.65. The Balaban J connectivity index is 1.75. The lowest BCUT2D eigenvalue weighted by Crippen LogP contribution is -2.20. The average molecular weight is 368 g/mol. The van der Waals surface area contributed by atoms with Gasteiger partial charge >= 0.3 is 0 Å². The molecule has 3 aromatic rings. The molecule has 7 nitrogen and oxygen atoms in total. The highest BCUT2D eigenvalue weighted by molar-refractivity contribution is 7.71. The summed E-state index contributed by atoms with van der Waals surface area (Å²) >= 11 is 5.22. The van der Waals surface area contributed by atoms with Crippen LogP contribution in [-0.4, -0.2) is 30.6 Å². The maximum absolute atomic E-state index is 12.4. The maximum Gasteiger partial charge on any atom is 0.244 e. The number of nitrogens with zero attached hydrogens (tertiary/aromatic N) is 4. The number of aromatic amines is 1. The van der Waals surface area contributed by atoms with Crippen molar-refractivity contribution in [1.29, 1.82) is 0 Å². The lowest BCUT2D eigenvalue weighted by atomic mass is 10.1. The summed E-state index contributed by atoms with van der Waals surface area (Å²) in [6.45, 7) is 4.03. The predicted octanol–water partition coefficient (Wildman–Crippen LogP) is 3.30. The minimum absolute atomic E-state index is 0.126. The SMILES string of the molecule is CCCc1n[nH]c(=S)n1CC(=O)Nc1cccc(-c2ccnc(C)n2)c1. The normalized spacial score (nSPS) is 10.7. The number of hydrogen-bond donors (Lipinski definition) is 2. The van der Waals surface area contributed by atoms with Crippen LogP contribution in [0.1, 0.15) is 25.0 Å². The third-order valence-corrected chi connectivity index (χ3v) is 4.14. The number of aryl methyl sites for hydroxylation is 2. The Labute approximate surface area is 156 Å². The van der Waals surface area contributed by atoms with Crippen LogP contribution >= 0.6 is 12.2 Å². The molecule has 26 heavy (non-hydrogen) atoms. The molecule has 134 valence electrons. The Morgan fingerprint density at radius 2 is 2.19 bits per heavy atom. The molecule has 0 saturated carbocycles. The molecular weight excluding hydrogens is 348 g/mol.